The van der Waals surface area contributed by atoms with E-state index in [0.717, 1.165) is 6.42 Å². The highest BCUT2D eigenvalue weighted by Gasteiger charge is 2.33. The maximum absolute atomic E-state index is 5.95. The van der Waals surface area contributed by atoms with Crippen LogP contribution in [0.2, 0.25) is 0 Å². The van der Waals surface area contributed by atoms with Gasteiger partial charge in [0, 0.05) is 5.88 Å². The van der Waals surface area contributed by atoms with Gasteiger partial charge in [0.2, 0.25) is 0 Å². The van der Waals surface area contributed by atoms with Crippen LogP contribution >= 0.6 is 23.2 Å². The third kappa shape index (κ3) is 2.49. The monoisotopic (exact) mass is 212 g/mol. The van der Waals surface area contributed by atoms with Crippen LogP contribution in [0.25, 0.3) is 0 Å². The lowest BCUT2D eigenvalue weighted by Gasteiger charge is -2.43. The molecule has 0 amide bonds. The Labute approximate surface area is 85.4 Å². The second-order valence-corrected chi connectivity index (χ2v) is 3.99. The highest BCUT2D eigenvalue weighted by atomic mass is 35.5. The van der Waals surface area contributed by atoms with Gasteiger partial charge in [-0.25, -0.2) is 0 Å². The van der Waals surface area contributed by atoms with Crippen molar-refractivity contribution in [1.82, 2.24) is 9.80 Å². The molecule has 0 fully saturated rings. The van der Waals surface area contributed by atoms with Crippen molar-refractivity contribution >= 4 is 23.2 Å². The summed E-state index contributed by atoms with van der Waals surface area (Å²) >= 11 is 11.7. The van der Waals surface area contributed by atoms with Gasteiger partial charge in [-0.1, -0.05) is 0 Å². The predicted octanol–water partition coefficient (Wildman–Crippen LogP) is 1.67. The van der Waals surface area contributed by atoms with Gasteiger partial charge in [-0.3, -0.25) is 9.80 Å². The summed E-state index contributed by atoms with van der Waals surface area (Å²) in [5.74, 6) is 1.20. The minimum Gasteiger partial charge on any atom is -0.290 e. The lowest BCUT2D eigenvalue weighted by molar-refractivity contribution is 0.0222. The number of halogens is 2. The maximum atomic E-state index is 5.95. The molecule has 12 heavy (non-hydrogen) atoms. The fourth-order valence-corrected chi connectivity index (χ4v) is 2.22. The van der Waals surface area contributed by atoms with Crippen molar-refractivity contribution in [3.8, 4) is 0 Å². The van der Waals surface area contributed by atoms with Gasteiger partial charge in [0.05, 0.1) is 11.5 Å². The molecule has 0 aromatic rings. The molecule has 0 bridgehead atoms. The summed E-state index contributed by atoms with van der Waals surface area (Å²) in [7, 11) is 8.09. The number of rotatable bonds is 5. The molecule has 2 nitrogen and oxygen atoms in total. The van der Waals surface area contributed by atoms with Gasteiger partial charge in [-0.2, -0.15) is 0 Å². The molecule has 0 atom stereocenters. The summed E-state index contributed by atoms with van der Waals surface area (Å²) in [5, 5.41) is 0. The van der Waals surface area contributed by atoms with Crippen molar-refractivity contribution in [2.75, 3.05) is 40.0 Å². The predicted molar refractivity (Wildman–Crippen MR) is 56.2 cm³/mol. The van der Waals surface area contributed by atoms with Crippen LogP contribution in [-0.2, 0) is 0 Å². The molecule has 0 rings (SSSR count). The second kappa shape index (κ2) is 5.28. The van der Waals surface area contributed by atoms with E-state index in [-0.39, 0.29) is 5.66 Å². The smallest absolute Gasteiger partial charge is 0.0878 e. The zero-order chi connectivity index (χ0) is 9.78. The standard InChI is InChI=1S/C8H18Cl2N2/c1-11(2)8(7-10,5-6-9)12(3)4/h5-7H2,1-4H3. The van der Waals surface area contributed by atoms with E-state index in [0.29, 0.717) is 11.8 Å². The molecule has 0 heterocycles. The van der Waals surface area contributed by atoms with Gasteiger partial charge < -0.3 is 0 Å². The van der Waals surface area contributed by atoms with E-state index in [1.165, 1.54) is 0 Å². The highest BCUT2D eigenvalue weighted by molar-refractivity contribution is 6.19. The van der Waals surface area contributed by atoms with Gasteiger partial charge in [0.25, 0.3) is 0 Å². The first-order chi connectivity index (χ1) is 5.51. The van der Waals surface area contributed by atoms with Crippen molar-refractivity contribution in [2.24, 2.45) is 0 Å². The molecule has 4 heteroatoms. The van der Waals surface area contributed by atoms with Crippen molar-refractivity contribution in [1.29, 1.82) is 0 Å². The first-order valence-corrected chi connectivity index (χ1v) is 5.05. The summed E-state index contributed by atoms with van der Waals surface area (Å²) in [6.45, 7) is 0. The van der Waals surface area contributed by atoms with Crippen molar-refractivity contribution in [2.45, 2.75) is 12.1 Å². The number of alkyl halides is 2. The molecule has 0 aliphatic rings. The van der Waals surface area contributed by atoms with Crippen LogP contribution in [0.4, 0.5) is 0 Å². The van der Waals surface area contributed by atoms with Crippen molar-refractivity contribution < 1.29 is 0 Å². The molecule has 0 aromatic carbocycles. The lowest BCUT2D eigenvalue weighted by atomic mass is 10.1. The van der Waals surface area contributed by atoms with Gasteiger partial charge in [-0.15, -0.1) is 23.2 Å². The lowest BCUT2D eigenvalue weighted by Crippen LogP contribution is -2.57. The summed E-state index contributed by atoms with van der Waals surface area (Å²) < 4.78 is 0. The normalized spacial score (nSPS) is 13.0. The van der Waals surface area contributed by atoms with Crippen LogP contribution in [0, 0.1) is 0 Å². The minimum atomic E-state index is -0.108. The van der Waals surface area contributed by atoms with Crippen LogP contribution in [0.1, 0.15) is 6.42 Å². The molecule has 0 aliphatic carbocycles. The van der Waals surface area contributed by atoms with Crippen LogP contribution < -0.4 is 0 Å². The Morgan fingerprint density at radius 3 is 1.50 bits per heavy atom. The summed E-state index contributed by atoms with van der Waals surface area (Å²) in [6.07, 6.45) is 0.873. The Hall–Kier alpha value is 0.500. The molecule has 0 aliphatic heterocycles. The van der Waals surface area contributed by atoms with Gasteiger partial charge in [0.1, 0.15) is 0 Å². The zero-order valence-corrected chi connectivity index (χ0v) is 9.78. The molecule has 0 saturated carbocycles. The van der Waals surface area contributed by atoms with E-state index >= 15 is 0 Å². The van der Waals surface area contributed by atoms with Crippen LogP contribution in [-0.4, -0.2) is 55.4 Å². The first kappa shape index (κ1) is 12.5. The maximum Gasteiger partial charge on any atom is 0.0878 e. The second-order valence-electron chi connectivity index (χ2n) is 3.34. The largest absolute Gasteiger partial charge is 0.290 e. The number of nitrogens with zero attached hydrogens (tertiary/aromatic N) is 2. The van der Waals surface area contributed by atoms with E-state index < -0.39 is 0 Å². The van der Waals surface area contributed by atoms with E-state index in [4.69, 9.17) is 23.2 Å². The Kier molecular flexibility index (Phi) is 5.50. The Morgan fingerprint density at radius 1 is 1.00 bits per heavy atom. The molecule has 74 valence electrons. The molecular formula is C8H18Cl2N2. The molecule has 0 spiro atoms. The topological polar surface area (TPSA) is 6.48 Å². The quantitative estimate of drug-likeness (QED) is 0.506. The third-order valence-corrected chi connectivity index (χ3v) is 2.99. The summed E-state index contributed by atoms with van der Waals surface area (Å²) in [5.41, 5.74) is -0.108. The number of hydrogen-bond donors (Lipinski definition) is 0. The molecule has 0 N–H and O–H groups in total. The van der Waals surface area contributed by atoms with Crippen LogP contribution in [0.5, 0.6) is 0 Å². The fourth-order valence-electron chi connectivity index (χ4n) is 1.30. The van der Waals surface area contributed by atoms with Gasteiger partial charge >= 0.3 is 0 Å². The van der Waals surface area contributed by atoms with Crippen LogP contribution in [0.15, 0.2) is 0 Å². The minimum absolute atomic E-state index is 0.108. The SMILES string of the molecule is CN(C)C(CCl)(CCCl)N(C)C. The van der Waals surface area contributed by atoms with E-state index in [9.17, 15) is 0 Å². The van der Waals surface area contributed by atoms with E-state index in [2.05, 4.69) is 9.80 Å². The first-order valence-electron chi connectivity index (χ1n) is 3.98. The summed E-state index contributed by atoms with van der Waals surface area (Å²) in [4.78, 5) is 4.23. The number of hydrogen-bond acceptors (Lipinski definition) is 2. The molecular weight excluding hydrogens is 195 g/mol. The molecule has 0 saturated heterocycles. The fraction of sp³-hybridized carbons (Fsp3) is 1.00. The Bertz CT molecular complexity index is 118. The van der Waals surface area contributed by atoms with Crippen LogP contribution in [0.3, 0.4) is 0 Å². The van der Waals surface area contributed by atoms with Crippen molar-refractivity contribution in [3.63, 3.8) is 0 Å². The van der Waals surface area contributed by atoms with E-state index in [1.54, 1.807) is 0 Å². The average Bonchev–Trinajstić information content (AvgIpc) is 1.98. The average molecular weight is 213 g/mol. The Morgan fingerprint density at radius 2 is 1.42 bits per heavy atom. The van der Waals surface area contributed by atoms with Gasteiger partial charge in [0.15, 0.2) is 0 Å². The van der Waals surface area contributed by atoms with Gasteiger partial charge in [-0.05, 0) is 34.6 Å². The van der Waals surface area contributed by atoms with E-state index in [1.807, 2.05) is 28.2 Å². The highest BCUT2D eigenvalue weighted by Crippen LogP contribution is 2.22. The molecule has 0 radical (unpaired) electrons. The summed E-state index contributed by atoms with van der Waals surface area (Å²) in [6, 6.07) is 0. The van der Waals surface area contributed by atoms with Crippen molar-refractivity contribution in [3.05, 3.63) is 0 Å². The third-order valence-electron chi connectivity index (χ3n) is 2.37. The molecule has 0 unspecified atom stereocenters. The molecule has 0 aromatic heterocycles. The Balaban J connectivity index is 4.51. The zero-order valence-electron chi connectivity index (χ0n) is 8.27.